The van der Waals surface area contributed by atoms with Gasteiger partial charge in [0, 0.05) is 5.56 Å². The lowest BCUT2D eigenvalue weighted by atomic mass is 9.95. The van der Waals surface area contributed by atoms with Gasteiger partial charge in [-0.15, -0.1) is 0 Å². The molecule has 5 rings (SSSR count). The number of thiazole rings is 1. The molecular weight excluding hydrogens is 476 g/mol. The van der Waals surface area contributed by atoms with Crippen molar-refractivity contribution in [2.24, 2.45) is 0 Å². The molecule has 3 aromatic carbocycles. The molecule has 7 nitrogen and oxygen atoms in total. The number of fused-ring (bicyclic) bond motifs is 1. The fourth-order valence-electron chi connectivity index (χ4n) is 4.54. The largest absolute Gasteiger partial charge is 0.507 e. The molecule has 4 aromatic rings. The van der Waals surface area contributed by atoms with Gasteiger partial charge in [0.05, 0.1) is 36.1 Å². The number of nitrogens with zero attached hydrogens (tertiary/aromatic N) is 2. The van der Waals surface area contributed by atoms with Gasteiger partial charge in [-0.25, -0.2) is 4.98 Å². The lowest BCUT2D eigenvalue weighted by Crippen LogP contribution is -2.29. The van der Waals surface area contributed by atoms with Crippen molar-refractivity contribution in [2.75, 3.05) is 19.1 Å². The Balaban J connectivity index is 1.75. The number of rotatable bonds is 5. The summed E-state index contributed by atoms with van der Waals surface area (Å²) < 4.78 is 11.6. The maximum Gasteiger partial charge on any atom is 0.301 e. The van der Waals surface area contributed by atoms with Crippen LogP contribution >= 0.6 is 11.3 Å². The van der Waals surface area contributed by atoms with E-state index < -0.39 is 17.7 Å². The summed E-state index contributed by atoms with van der Waals surface area (Å²) in [4.78, 5) is 33.0. The first kappa shape index (κ1) is 23.6. The molecule has 0 radical (unpaired) electrons. The van der Waals surface area contributed by atoms with Crippen LogP contribution in [0.1, 0.15) is 28.3 Å². The van der Waals surface area contributed by atoms with Crippen molar-refractivity contribution in [3.05, 3.63) is 88.5 Å². The quantitative estimate of drug-likeness (QED) is 0.219. The van der Waals surface area contributed by atoms with Crippen LogP contribution in [-0.2, 0) is 9.59 Å². The SMILES string of the molecule is COc1cccc(/C(O)=C2\C(=O)C(=O)N(c3nc4c(C)cc(C)cc4s3)C2c2cccc(OC)c2)c1. The van der Waals surface area contributed by atoms with Gasteiger partial charge in [-0.2, -0.15) is 0 Å². The molecule has 1 aromatic heterocycles. The molecule has 0 aliphatic carbocycles. The first-order valence-electron chi connectivity index (χ1n) is 11.3. The number of anilines is 1. The zero-order chi connectivity index (χ0) is 25.6. The number of aryl methyl sites for hydroxylation is 2. The lowest BCUT2D eigenvalue weighted by Gasteiger charge is -2.23. The number of benzene rings is 3. The van der Waals surface area contributed by atoms with Gasteiger partial charge in [0.25, 0.3) is 5.78 Å². The summed E-state index contributed by atoms with van der Waals surface area (Å²) in [6.07, 6.45) is 0. The molecule has 1 aliphatic heterocycles. The number of amides is 1. The number of carbonyl (C=O) groups is 2. The molecule has 1 unspecified atom stereocenters. The fraction of sp³-hybridized carbons (Fsp3) is 0.179. The van der Waals surface area contributed by atoms with Crippen molar-refractivity contribution in [2.45, 2.75) is 19.9 Å². The Kier molecular flexibility index (Phi) is 5.97. The first-order valence-corrected chi connectivity index (χ1v) is 12.1. The van der Waals surface area contributed by atoms with Crippen LogP contribution in [0.5, 0.6) is 11.5 Å². The highest BCUT2D eigenvalue weighted by atomic mass is 32.1. The number of aliphatic hydroxyl groups is 1. The predicted octanol–water partition coefficient (Wildman–Crippen LogP) is 5.56. The molecular formula is C28H24N2O5S. The Morgan fingerprint density at radius 1 is 0.972 bits per heavy atom. The Morgan fingerprint density at radius 3 is 2.39 bits per heavy atom. The Morgan fingerprint density at radius 2 is 1.67 bits per heavy atom. The highest BCUT2D eigenvalue weighted by molar-refractivity contribution is 7.22. The first-order chi connectivity index (χ1) is 17.3. The molecule has 182 valence electrons. The molecule has 1 fully saturated rings. The third kappa shape index (κ3) is 3.89. The van der Waals surface area contributed by atoms with Crippen molar-refractivity contribution in [1.82, 2.24) is 4.98 Å². The lowest BCUT2D eigenvalue weighted by molar-refractivity contribution is -0.132. The number of aliphatic hydroxyl groups excluding tert-OH is 1. The summed E-state index contributed by atoms with van der Waals surface area (Å²) in [6, 6.07) is 17.0. The van der Waals surface area contributed by atoms with E-state index in [2.05, 4.69) is 0 Å². The summed E-state index contributed by atoms with van der Waals surface area (Å²) in [5.74, 6) is -0.731. The summed E-state index contributed by atoms with van der Waals surface area (Å²) >= 11 is 1.34. The topological polar surface area (TPSA) is 89.0 Å². The molecule has 1 aliphatic rings. The molecule has 8 heteroatoms. The smallest absolute Gasteiger partial charge is 0.301 e. The zero-order valence-corrected chi connectivity index (χ0v) is 21.1. The molecule has 0 spiro atoms. The molecule has 0 saturated carbocycles. The second-order valence-corrected chi connectivity index (χ2v) is 9.61. The average molecular weight is 501 g/mol. The zero-order valence-electron chi connectivity index (χ0n) is 20.2. The number of ether oxygens (including phenoxy) is 2. The third-order valence-corrected chi connectivity index (χ3v) is 7.22. The van der Waals surface area contributed by atoms with Crippen LogP contribution in [0, 0.1) is 13.8 Å². The monoisotopic (exact) mass is 500 g/mol. The van der Waals surface area contributed by atoms with Crippen molar-refractivity contribution >= 4 is 44.1 Å². The van der Waals surface area contributed by atoms with Crippen LogP contribution in [0.3, 0.4) is 0 Å². The number of carbonyl (C=O) groups excluding carboxylic acids is 2. The Labute approximate surface area is 212 Å². The van der Waals surface area contributed by atoms with Gasteiger partial charge in [0.15, 0.2) is 5.13 Å². The van der Waals surface area contributed by atoms with Gasteiger partial charge in [-0.1, -0.05) is 41.7 Å². The number of hydrogen-bond donors (Lipinski definition) is 1. The maximum absolute atomic E-state index is 13.5. The predicted molar refractivity (Wildman–Crippen MR) is 140 cm³/mol. The van der Waals surface area contributed by atoms with E-state index in [4.69, 9.17) is 14.5 Å². The summed E-state index contributed by atoms with van der Waals surface area (Å²) in [7, 11) is 3.07. The minimum Gasteiger partial charge on any atom is -0.507 e. The Hall–Kier alpha value is -4.17. The highest BCUT2D eigenvalue weighted by Crippen LogP contribution is 2.45. The van der Waals surface area contributed by atoms with E-state index in [0.717, 1.165) is 21.3 Å². The molecule has 1 amide bonds. The molecule has 1 N–H and O–H groups in total. The fourth-order valence-corrected chi connectivity index (χ4v) is 5.71. The molecule has 1 saturated heterocycles. The average Bonchev–Trinajstić information content (AvgIpc) is 3.42. The van der Waals surface area contributed by atoms with Crippen LogP contribution in [-0.4, -0.2) is 36.0 Å². The number of ketones is 1. The minimum absolute atomic E-state index is 0.0198. The second-order valence-electron chi connectivity index (χ2n) is 8.60. The normalized spacial score (nSPS) is 17.1. The molecule has 1 atom stereocenters. The van der Waals surface area contributed by atoms with E-state index in [9.17, 15) is 14.7 Å². The van der Waals surface area contributed by atoms with Crippen LogP contribution in [0.15, 0.2) is 66.2 Å². The van der Waals surface area contributed by atoms with E-state index in [-0.39, 0.29) is 11.3 Å². The molecule has 0 bridgehead atoms. The van der Waals surface area contributed by atoms with Gasteiger partial charge in [-0.3, -0.25) is 14.5 Å². The van der Waals surface area contributed by atoms with Gasteiger partial charge in [-0.05, 0) is 60.9 Å². The third-order valence-electron chi connectivity index (χ3n) is 6.22. The van der Waals surface area contributed by atoms with Crippen LogP contribution in [0.2, 0.25) is 0 Å². The second kappa shape index (κ2) is 9.13. The maximum atomic E-state index is 13.5. The Bertz CT molecular complexity index is 1550. The number of Topliss-reactive ketones (excluding diaryl/α,β-unsaturated/α-hetero) is 1. The van der Waals surface area contributed by atoms with Crippen molar-refractivity contribution in [3.63, 3.8) is 0 Å². The summed E-state index contributed by atoms with van der Waals surface area (Å²) in [5, 5.41) is 11.7. The van der Waals surface area contributed by atoms with Crippen LogP contribution in [0.25, 0.3) is 16.0 Å². The van der Waals surface area contributed by atoms with E-state index in [1.807, 2.05) is 26.0 Å². The van der Waals surface area contributed by atoms with E-state index >= 15 is 0 Å². The van der Waals surface area contributed by atoms with Gasteiger partial charge in [0.1, 0.15) is 17.3 Å². The van der Waals surface area contributed by atoms with Crippen LogP contribution in [0.4, 0.5) is 5.13 Å². The van der Waals surface area contributed by atoms with Gasteiger partial charge < -0.3 is 14.6 Å². The van der Waals surface area contributed by atoms with Gasteiger partial charge >= 0.3 is 5.91 Å². The van der Waals surface area contributed by atoms with E-state index in [0.29, 0.717) is 27.8 Å². The van der Waals surface area contributed by atoms with Gasteiger partial charge in [0.2, 0.25) is 0 Å². The molecule has 2 heterocycles. The summed E-state index contributed by atoms with van der Waals surface area (Å²) in [5.41, 5.74) is 3.81. The summed E-state index contributed by atoms with van der Waals surface area (Å²) in [6.45, 7) is 3.97. The van der Waals surface area contributed by atoms with E-state index in [1.54, 1.807) is 55.6 Å². The highest BCUT2D eigenvalue weighted by Gasteiger charge is 2.48. The minimum atomic E-state index is -0.895. The number of aromatic nitrogens is 1. The van der Waals surface area contributed by atoms with Crippen molar-refractivity contribution < 1.29 is 24.2 Å². The number of hydrogen-bond acceptors (Lipinski definition) is 7. The van der Waals surface area contributed by atoms with Crippen LogP contribution < -0.4 is 14.4 Å². The van der Waals surface area contributed by atoms with Crippen molar-refractivity contribution in [1.29, 1.82) is 0 Å². The number of methoxy groups -OCH3 is 2. The van der Waals surface area contributed by atoms with E-state index in [1.165, 1.54) is 23.3 Å². The standard InChI is InChI=1S/C28H24N2O5S/c1-15-11-16(2)23-21(12-15)36-28(29-23)30-24(17-7-5-9-19(13-17)34-3)22(26(32)27(30)33)25(31)18-8-6-10-20(14-18)35-4/h5-14,24,31H,1-4H3/b25-22+. The molecule has 36 heavy (non-hydrogen) atoms. The van der Waals surface area contributed by atoms with Crippen molar-refractivity contribution in [3.8, 4) is 11.5 Å².